The van der Waals surface area contributed by atoms with Crippen LogP contribution in [0.25, 0.3) is 0 Å². The Hall–Kier alpha value is -1.79. The first kappa shape index (κ1) is 17.0. The van der Waals surface area contributed by atoms with Crippen molar-refractivity contribution in [3.05, 3.63) is 23.2 Å². The van der Waals surface area contributed by atoms with Gasteiger partial charge in [-0.2, -0.15) is 0 Å². The number of rotatable bonds is 4. The quantitative estimate of drug-likeness (QED) is 0.903. The fraction of sp³-hybridized carbons (Fsp3) is 0.529. The van der Waals surface area contributed by atoms with Crippen molar-refractivity contribution in [1.82, 2.24) is 4.90 Å². The summed E-state index contributed by atoms with van der Waals surface area (Å²) in [7, 11) is 1.54. The van der Waals surface area contributed by atoms with Crippen molar-refractivity contribution >= 4 is 29.1 Å². The Morgan fingerprint density at radius 3 is 2.79 bits per heavy atom. The lowest BCUT2D eigenvalue weighted by molar-refractivity contribution is -0.131. The number of methoxy groups -OCH3 is 1. The molecule has 6 nitrogen and oxygen atoms in total. The van der Waals surface area contributed by atoms with Crippen molar-refractivity contribution in [3.8, 4) is 5.75 Å². The average molecular weight is 353 g/mol. The zero-order valence-corrected chi connectivity index (χ0v) is 14.3. The van der Waals surface area contributed by atoms with Crippen LogP contribution < -0.4 is 10.1 Å². The molecule has 0 bridgehead atoms. The van der Waals surface area contributed by atoms with E-state index in [4.69, 9.17) is 21.1 Å². The molecular formula is C17H21ClN2O4. The van der Waals surface area contributed by atoms with Crippen LogP contribution in [0, 0.1) is 5.92 Å². The maximum absolute atomic E-state index is 12.5. The van der Waals surface area contributed by atoms with Gasteiger partial charge < -0.3 is 19.7 Å². The maximum atomic E-state index is 12.5. The highest BCUT2D eigenvalue weighted by molar-refractivity contribution is 6.32. The number of hydrogen-bond donors (Lipinski definition) is 1. The molecule has 0 saturated carbocycles. The predicted octanol–water partition coefficient (Wildman–Crippen LogP) is 2.31. The van der Waals surface area contributed by atoms with Crippen LogP contribution >= 0.6 is 11.6 Å². The van der Waals surface area contributed by atoms with E-state index in [0.717, 1.165) is 12.8 Å². The summed E-state index contributed by atoms with van der Waals surface area (Å²) >= 11 is 6.07. The number of halogens is 1. The van der Waals surface area contributed by atoms with E-state index < -0.39 is 0 Å². The van der Waals surface area contributed by atoms with E-state index in [1.54, 1.807) is 18.2 Å². The third kappa shape index (κ3) is 3.65. The van der Waals surface area contributed by atoms with Gasteiger partial charge in [0, 0.05) is 37.9 Å². The largest absolute Gasteiger partial charge is 0.495 e. The fourth-order valence-corrected chi connectivity index (χ4v) is 3.50. The lowest BCUT2D eigenvalue weighted by Gasteiger charge is -2.31. The smallest absolute Gasteiger partial charge is 0.229 e. The normalized spacial score (nSPS) is 21.8. The van der Waals surface area contributed by atoms with E-state index in [2.05, 4.69) is 5.32 Å². The van der Waals surface area contributed by atoms with E-state index in [1.165, 1.54) is 7.11 Å². The lowest BCUT2D eigenvalue weighted by Crippen LogP contribution is -2.41. The third-order valence-corrected chi connectivity index (χ3v) is 4.88. The van der Waals surface area contributed by atoms with Gasteiger partial charge in [0.05, 0.1) is 18.1 Å². The Bertz CT molecular complexity index is 631. The van der Waals surface area contributed by atoms with Crippen LogP contribution in [0.4, 0.5) is 5.69 Å². The van der Waals surface area contributed by atoms with Crippen LogP contribution in [0.5, 0.6) is 5.75 Å². The van der Waals surface area contributed by atoms with Crippen LogP contribution in [-0.4, -0.2) is 49.6 Å². The van der Waals surface area contributed by atoms with E-state index in [-0.39, 0.29) is 30.2 Å². The standard InChI is InChI=1S/C17H21ClN2O4/c1-23-15-3-2-12(9-14(15)18)19-17(22)11-8-16(21)20(10-11)13-4-6-24-7-5-13/h2-3,9,11,13H,4-8,10H2,1H3,(H,19,22). The van der Waals surface area contributed by atoms with Crippen molar-refractivity contribution < 1.29 is 19.1 Å². The van der Waals surface area contributed by atoms with Crippen molar-refractivity contribution in [3.63, 3.8) is 0 Å². The number of anilines is 1. The summed E-state index contributed by atoms with van der Waals surface area (Å²) in [5, 5.41) is 3.27. The van der Waals surface area contributed by atoms with Crippen molar-refractivity contribution in [2.45, 2.75) is 25.3 Å². The first-order valence-corrected chi connectivity index (χ1v) is 8.48. The molecule has 7 heteroatoms. The molecular weight excluding hydrogens is 332 g/mol. The van der Waals surface area contributed by atoms with Crippen LogP contribution in [0.1, 0.15) is 19.3 Å². The number of likely N-dealkylation sites (tertiary alicyclic amines) is 1. The maximum Gasteiger partial charge on any atom is 0.229 e. The summed E-state index contributed by atoms with van der Waals surface area (Å²) in [6.45, 7) is 1.82. The van der Waals surface area contributed by atoms with Crippen molar-refractivity contribution in [2.24, 2.45) is 5.92 Å². The number of amides is 2. The van der Waals surface area contributed by atoms with Crippen molar-refractivity contribution in [2.75, 3.05) is 32.2 Å². The summed E-state index contributed by atoms with van der Waals surface area (Å²) in [6.07, 6.45) is 1.94. The third-order valence-electron chi connectivity index (χ3n) is 4.58. The minimum Gasteiger partial charge on any atom is -0.495 e. The number of nitrogens with one attached hydrogen (secondary N) is 1. The second-order valence-corrected chi connectivity index (χ2v) is 6.54. The SMILES string of the molecule is COc1ccc(NC(=O)C2CC(=O)N(C3CCOCC3)C2)cc1Cl. The summed E-state index contributed by atoms with van der Waals surface area (Å²) in [5.74, 6) is 0.117. The van der Waals surface area contributed by atoms with Gasteiger partial charge in [0.1, 0.15) is 5.75 Å². The molecule has 1 unspecified atom stereocenters. The number of carbonyl (C=O) groups is 2. The van der Waals surface area contributed by atoms with Gasteiger partial charge in [-0.1, -0.05) is 11.6 Å². The van der Waals surface area contributed by atoms with Gasteiger partial charge in [0.15, 0.2) is 0 Å². The highest BCUT2D eigenvalue weighted by atomic mass is 35.5. The molecule has 1 aromatic rings. The van der Waals surface area contributed by atoms with Gasteiger partial charge in [-0.15, -0.1) is 0 Å². The van der Waals surface area contributed by atoms with Gasteiger partial charge in [0.25, 0.3) is 0 Å². The highest BCUT2D eigenvalue weighted by Gasteiger charge is 2.38. The Kier molecular flexibility index (Phi) is 5.26. The molecule has 1 aromatic carbocycles. The predicted molar refractivity (Wildman–Crippen MR) is 90.3 cm³/mol. The zero-order valence-electron chi connectivity index (χ0n) is 13.6. The zero-order chi connectivity index (χ0) is 17.1. The molecule has 0 spiro atoms. The van der Waals surface area contributed by atoms with Crippen LogP contribution in [0.3, 0.4) is 0 Å². The van der Waals surface area contributed by atoms with Gasteiger partial charge >= 0.3 is 0 Å². The molecule has 2 aliphatic heterocycles. The van der Waals surface area contributed by atoms with E-state index in [1.807, 2.05) is 4.90 Å². The second kappa shape index (κ2) is 7.40. The average Bonchev–Trinajstić information content (AvgIpc) is 2.98. The number of nitrogens with zero attached hydrogens (tertiary/aromatic N) is 1. The molecule has 2 fully saturated rings. The molecule has 3 rings (SSSR count). The Morgan fingerprint density at radius 1 is 1.38 bits per heavy atom. The number of ether oxygens (including phenoxy) is 2. The van der Waals surface area contributed by atoms with Gasteiger partial charge in [0.2, 0.25) is 11.8 Å². The summed E-state index contributed by atoms with van der Waals surface area (Å²) < 4.78 is 10.4. The molecule has 0 aromatic heterocycles. The lowest BCUT2D eigenvalue weighted by atomic mass is 10.1. The molecule has 1 atom stereocenters. The minimum absolute atomic E-state index is 0.0508. The highest BCUT2D eigenvalue weighted by Crippen LogP contribution is 2.29. The molecule has 0 aliphatic carbocycles. The summed E-state index contributed by atoms with van der Waals surface area (Å²) in [4.78, 5) is 26.6. The monoisotopic (exact) mass is 352 g/mol. The number of benzene rings is 1. The molecule has 1 N–H and O–H groups in total. The van der Waals surface area contributed by atoms with Crippen LogP contribution in [-0.2, 0) is 14.3 Å². The Morgan fingerprint density at radius 2 is 2.12 bits per heavy atom. The number of hydrogen-bond acceptors (Lipinski definition) is 4. The molecule has 0 radical (unpaired) electrons. The fourth-order valence-electron chi connectivity index (χ4n) is 3.25. The molecule has 24 heavy (non-hydrogen) atoms. The first-order chi connectivity index (χ1) is 11.6. The van der Waals surface area contributed by atoms with E-state index in [0.29, 0.717) is 36.2 Å². The van der Waals surface area contributed by atoms with E-state index >= 15 is 0 Å². The molecule has 2 amide bonds. The Labute approximate surface area is 146 Å². The van der Waals surface area contributed by atoms with Crippen molar-refractivity contribution in [1.29, 1.82) is 0 Å². The first-order valence-electron chi connectivity index (χ1n) is 8.10. The number of carbonyl (C=O) groups excluding carboxylic acids is 2. The summed E-state index contributed by atoms with van der Waals surface area (Å²) in [6, 6.07) is 5.27. The van der Waals surface area contributed by atoms with Crippen LogP contribution in [0.2, 0.25) is 5.02 Å². The van der Waals surface area contributed by atoms with Gasteiger partial charge in [-0.3, -0.25) is 9.59 Å². The molecule has 130 valence electrons. The minimum atomic E-state index is -0.332. The molecule has 2 heterocycles. The van der Waals surface area contributed by atoms with Gasteiger partial charge in [-0.25, -0.2) is 0 Å². The van der Waals surface area contributed by atoms with Gasteiger partial charge in [-0.05, 0) is 31.0 Å². The van der Waals surface area contributed by atoms with E-state index in [9.17, 15) is 9.59 Å². The Balaban J connectivity index is 1.61. The molecule has 2 aliphatic rings. The topological polar surface area (TPSA) is 67.9 Å². The van der Waals surface area contributed by atoms with Crippen LogP contribution in [0.15, 0.2) is 18.2 Å². The molecule has 2 saturated heterocycles. The summed E-state index contributed by atoms with van der Waals surface area (Å²) in [5.41, 5.74) is 0.600. The second-order valence-electron chi connectivity index (χ2n) is 6.13.